The number of hydrogen-bond donors (Lipinski definition) is 0. The summed E-state index contributed by atoms with van der Waals surface area (Å²) >= 11 is 0. The molecular weight excluding hydrogens is 446 g/mol. The monoisotopic (exact) mass is 471 g/mol. The van der Waals surface area contributed by atoms with Crippen LogP contribution in [-0.4, -0.2) is 66.2 Å². The van der Waals surface area contributed by atoms with E-state index in [1.54, 1.807) is 9.58 Å². The molecular formula is C25H25N7O3. The van der Waals surface area contributed by atoms with Crippen molar-refractivity contribution in [1.82, 2.24) is 34.7 Å². The van der Waals surface area contributed by atoms with Gasteiger partial charge in [0.1, 0.15) is 12.2 Å². The predicted molar refractivity (Wildman–Crippen MR) is 126 cm³/mol. The molecule has 35 heavy (non-hydrogen) atoms. The van der Waals surface area contributed by atoms with Gasteiger partial charge in [0, 0.05) is 43.5 Å². The van der Waals surface area contributed by atoms with Crippen molar-refractivity contribution in [2.75, 3.05) is 19.6 Å². The van der Waals surface area contributed by atoms with E-state index in [0.29, 0.717) is 42.6 Å². The number of pyridine rings is 1. The molecule has 0 spiro atoms. The van der Waals surface area contributed by atoms with Crippen molar-refractivity contribution >= 4 is 22.8 Å². The molecule has 2 amide bonds. The van der Waals surface area contributed by atoms with Crippen molar-refractivity contribution in [3.8, 4) is 11.5 Å². The summed E-state index contributed by atoms with van der Waals surface area (Å²) in [6, 6.07) is 11.4. The third-order valence-electron chi connectivity index (χ3n) is 6.96. The van der Waals surface area contributed by atoms with Crippen LogP contribution in [0.1, 0.15) is 46.3 Å². The van der Waals surface area contributed by atoms with Crippen LogP contribution in [0.2, 0.25) is 0 Å². The quantitative estimate of drug-likeness (QED) is 0.450. The number of piperidine rings is 1. The van der Waals surface area contributed by atoms with Crippen molar-refractivity contribution in [3.63, 3.8) is 0 Å². The summed E-state index contributed by atoms with van der Waals surface area (Å²) in [5.41, 5.74) is 4.01. The van der Waals surface area contributed by atoms with E-state index in [4.69, 9.17) is 4.52 Å². The first-order chi connectivity index (χ1) is 17.0. The maximum Gasteiger partial charge on any atom is 0.254 e. The number of nitrogens with zero attached hydrogens (tertiary/aromatic N) is 7. The molecule has 1 fully saturated rings. The zero-order valence-electron chi connectivity index (χ0n) is 19.6. The van der Waals surface area contributed by atoms with E-state index >= 15 is 0 Å². The highest BCUT2D eigenvalue weighted by Crippen LogP contribution is 2.29. The first-order valence-electron chi connectivity index (χ1n) is 11.8. The number of hydrogen-bond acceptors (Lipinski definition) is 7. The van der Waals surface area contributed by atoms with Crippen LogP contribution >= 0.6 is 0 Å². The van der Waals surface area contributed by atoms with E-state index in [2.05, 4.69) is 20.2 Å². The largest absolute Gasteiger partial charge is 0.341 e. The van der Waals surface area contributed by atoms with E-state index < -0.39 is 0 Å². The van der Waals surface area contributed by atoms with Crippen LogP contribution in [0.15, 0.2) is 40.9 Å². The molecule has 5 heterocycles. The Hall–Kier alpha value is -4.08. The van der Waals surface area contributed by atoms with Crippen LogP contribution in [0.5, 0.6) is 0 Å². The molecule has 0 radical (unpaired) electrons. The number of aryl methyl sites for hydroxylation is 2. The van der Waals surface area contributed by atoms with Gasteiger partial charge in [-0.3, -0.25) is 14.3 Å². The van der Waals surface area contributed by atoms with Crippen molar-refractivity contribution in [1.29, 1.82) is 0 Å². The van der Waals surface area contributed by atoms with Gasteiger partial charge in [-0.2, -0.15) is 10.1 Å². The van der Waals surface area contributed by atoms with Gasteiger partial charge >= 0.3 is 0 Å². The minimum atomic E-state index is -0.0738. The maximum absolute atomic E-state index is 12.9. The third kappa shape index (κ3) is 3.74. The fourth-order valence-electron chi connectivity index (χ4n) is 5.01. The zero-order chi connectivity index (χ0) is 24.1. The Kier molecular flexibility index (Phi) is 5.09. The fourth-order valence-corrected chi connectivity index (χ4v) is 5.01. The third-order valence-corrected chi connectivity index (χ3v) is 6.96. The molecule has 178 valence electrons. The molecule has 0 unspecified atom stereocenters. The molecule has 1 saturated heterocycles. The topological polar surface area (TPSA) is 110 Å². The first kappa shape index (κ1) is 21.5. The molecule has 0 aliphatic carbocycles. The molecule has 3 aromatic heterocycles. The fraction of sp³-hybridized carbons (Fsp3) is 0.360. The highest BCUT2D eigenvalue weighted by Gasteiger charge is 2.32. The molecule has 0 saturated carbocycles. The van der Waals surface area contributed by atoms with Gasteiger partial charge in [0.2, 0.25) is 17.6 Å². The summed E-state index contributed by atoms with van der Waals surface area (Å²) in [6.07, 6.45) is 1.46. The molecule has 10 heteroatoms. The maximum atomic E-state index is 12.9. The van der Waals surface area contributed by atoms with Gasteiger partial charge in [-0.1, -0.05) is 23.4 Å². The summed E-state index contributed by atoms with van der Waals surface area (Å²) in [4.78, 5) is 38.2. The lowest BCUT2D eigenvalue weighted by molar-refractivity contribution is -0.133. The van der Waals surface area contributed by atoms with Crippen LogP contribution in [0.25, 0.3) is 22.6 Å². The number of benzene rings is 1. The Bertz CT molecular complexity index is 1450. The summed E-state index contributed by atoms with van der Waals surface area (Å²) in [5.74, 6) is 1.00. The number of amides is 2. The minimum absolute atomic E-state index is 0.0280. The summed E-state index contributed by atoms with van der Waals surface area (Å²) < 4.78 is 7.33. The van der Waals surface area contributed by atoms with Crippen molar-refractivity contribution < 1.29 is 14.1 Å². The lowest BCUT2D eigenvalue weighted by Gasteiger charge is -2.31. The molecule has 0 atom stereocenters. The molecule has 6 rings (SSSR count). The molecule has 0 bridgehead atoms. The molecule has 0 N–H and O–H groups in total. The Morgan fingerprint density at radius 1 is 1.11 bits per heavy atom. The van der Waals surface area contributed by atoms with E-state index in [0.717, 1.165) is 35.1 Å². The van der Waals surface area contributed by atoms with Crippen LogP contribution in [0.3, 0.4) is 0 Å². The highest BCUT2D eigenvalue weighted by atomic mass is 16.5. The molecule has 2 aliphatic heterocycles. The molecule has 10 nitrogen and oxygen atoms in total. The highest BCUT2D eigenvalue weighted by molar-refractivity contribution is 6.00. The second-order valence-corrected chi connectivity index (χ2v) is 9.21. The number of rotatable bonds is 4. The Morgan fingerprint density at radius 3 is 2.71 bits per heavy atom. The van der Waals surface area contributed by atoms with Gasteiger partial charge < -0.3 is 14.3 Å². The van der Waals surface area contributed by atoms with Gasteiger partial charge in [0.25, 0.3) is 5.91 Å². The van der Waals surface area contributed by atoms with Gasteiger partial charge in [-0.25, -0.2) is 4.98 Å². The Labute approximate surface area is 201 Å². The van der Waals surface area contributed by atoms with Crippen molar-refractivity contribution in [3.05, 3.63) is 59.1 Å². The Balaban J connectivity index is 1.08. The standard InChI is InChI=1S/C25H25N7O3/c1-15-18-7-8-20(26-23(18)30(2)28-15)22-27-24(35-29-22)16-9-11-31(12-10-16)21(33)14-32-13-17-5-3-4-6-19(17)25(32)34/h3-8,16H,9-14H2,1-2H3. The Morgan fingerprint density at radius 2 is 1.91 bits per heavy atom. The van der Waals surface area contributed by atoms with E-state index in [1.807, 2.05) is 55.3 Å². The predicted octanol–water partition coefficient (Wildman–Crippen LogP) is 2.69. The second-order valence-electron chi connectivity index (χ2n) is 9.21. The summed E-state index contributed by atoms with van der Waals surface area (Å²) in [5, 5.41) is 9.56. The smallest absolute Gasteiger partial charge is 0.254 e. The number of fused-ring (bicyclic) bond motifs is 2. The van der Waals surface area contributed by atoms with Gasteiger partial charge in [-0.05, 0) is 43.5 Å². The first-order valence-corrected chi connectivity index (χ1v) is 11.8. The zero-order valence-corrected chi connectivity index (χ0v) is 19.6. The number of likely N-dealkylation sites (tertiary alicyclic amines) is 1. The summed E-state index contributed by atoms with van der Waals surface area (Å²) in [6.45, 7) is 3.73. The number of aromatic nitrogens is 5. The van der Waals surface area contributed by atoms with Crippen LogP contribution in [0.4, 0.5) is 0 Å². The lowest BCUT2D eigenvalue weighted by Crippen LogP contribution is -2.44. The van der Waals surface area contributed by atoms with E-state index in [-0.39, 0.29) is 24.3 Å². The molecule has 2 aliphatic rings. The second kappa shape index (κ2) is 8.30. The lowest BCUT2D eigenvalue weighted by atomic mass is 9.96. The van der Waals surface area contributed by atoms with E-state index in [9.17, 15) is 9.59 Å². The van der Waals surface area contributed by atoms with Gasteiger partial charge in [-0.15, -0.1) is 0 Å². The molecule has 1 aromatic carbocycles. The van der Waals surface area contributed by atoms with Crippen LogP contribution < -0.4 is 0 Å². The van der Waals surface area contributed by atoms with Crippen molar-refractivity contribution in [2.45, 2.75) is 32.2 Å². The average Bonchev–Trinajstić information content (AvgIpc) is 3.56. The summed E-state index contributed by atoms with van der Waals surface area (Å²) in [7, 11) is 1.86. The molecule has 4 aromatic rings. The number of carbonyl (C=O) groups excluding carboxylic acids is 2. The van der Waals surface area contributed by atoms with Gasteiger partial charge in [0.05, 0.1) is 5.69 Å². The average molecular weight is 472 g/mol. The normalized spacial score (nSPS) is 16.3. The minimum Gasteiger partial charge on any atom is -0.341 e. The van der Waals surface area contributed by atoms with Crippen molar-refractivity contribution in [2.24, 2.45) is 7.05 Å². The van der Waals surface area contributed by atoms with Crippen LogP contribution in [-0.2, 0) is 18.4 Å². The van der Waals surface area contributed by atoms with E-state index in [1.165, 1.54) is 0 Å². The van der Waals surface area contributed by atoms with Crippen LogP contribution in [0, 0.1) is 6.92 Å². The van der Waals surface area contributed by atoms with Gasteiger partial charge in [0.15, 0.2) is 5.65 Å². The SMILES string of the molecule is Cc1nn(C)c2nc(-c3noc(C4CCN(C(=O)CN5Cc6ccccc6C5=O)CC4)n3)ccc12. The number of carbonyl (C=O) groups is 2.